The molecule has 5 heteroatoms. The molecule has 1 aromatic carbocycles. The Bertz CT molecular complexity index is 436. The lowest BCUT2D eigenvalue weighted by Gasteiger charge is -2.20. The number of hydrogen-bond donors (Lipinski definition) is 1. The number of alkyl halides is 1. The number of para-hydroxylation sites is 1. The Morgan fingerprint density at radius 2 is 2.22 bits per heavy atom. The smallest absolute Gasteiger partial charge is 0.255 e. The lowest BCUT2D eigenvalue weighted by Crippen LogP contribution is -2.30. The summed E-state index contributed by atoms with van der Waals surface area (Å²) in [5, 5.41) is 2.74. The van der Waals surface area contributed by atoms with Crippen LogP contribution in [0.25, 0.3) is 0 Å². The molecule has 1 atom stereocenters. The van der Waals surface area contributed by atoms with Crippen LogP contribution < -0.4 is 14.8 Å². The normalized spacial score (nSPS) is 15.0. The highest BCUT2D eigenvalue weighted by atomic mass is 35.5. The number of carbonyl (C=O) groups is 1. The third kappa shape index (κ3) is 2.88. The lowest BCUT2D eigenvalue weighted by molar-refractivity contribution is 0.0942. The minimum Gasteiger partial charge on any atom is -0.486 e. The molecule has 0 saturated heterocycles. The van der Waals surface area contributed by atoms with Gasteiger partial charge in [-0.1, -0.05) is 13.0 Å². The van der Waals surface area contributed by atoms with Gasteiger partial charge in [-0.25, -0.2) is 0 Å². The summed E-state index contributed by atoms with van der Waals surface area (Å²) in [6, 6.07) is 5.29. The predicted octanol–water partition coefficient (Wildman–Crippen LogP) is 2.21. The van der Waals surface area contributed by atoms with Gasteiger partial charge in [-0.05, 0) is 18.6 Å². The number of hydrogen-bond acceptors (Lipinski definition) is 3. The second-order valence-corrected chi connectivity index (χ2v) is 4.66. The molecule has 0 aliphatic carbocycles. The van der Waals surface area contributed by atoms with Crippen LogP contribution in [-0.4, -0.2) is 31.0 Å². The van der Waals surface area contributed by atoms with Crippen molar-refractivity contribution in [2.75, 3.05) is 19.8 Å². The van der Waals surface area contributed by atoms with Crippen molar-refractivity contribution in [2.45, 2.75) is 18.7 Å². The summed E-state index contributed by atoms with van der Waals surface area (Å²) in [7, 11) is 0. The lowest BCUT2D eigenvalue weighted by atomic mass is 10.1. The van der Waals surface area contributed by atoms with Gasteiger partial charge in [-0.15, -0.1) is 11.6 Å². The number of nitrogens with one attached hydrogen (secondary N) is 1. The maximum absolute atomic E-state index is 12.0. The van der Waals surface area contributed by atoms with Crippen molar-refractivity contribution in [1.82, 2.24) is 5.32 Å². The van der Waals surface area contributed by atoms with Crippen molar-refractivity contribution >= 4 is 17.5 Å². The number of amides is 1. The maximum Gasteiger partial charge on any atom is 0.255 e. The zero-order chi connectivity index (χ0) is 13.0. The molecule has 1 unspecified atom stereocenters. The molecule has 0 aromatic heterocycles. The van der Waals surface area contributed by atoms with Gasteiger partial charge in [0.25, 0.3) is 5.91 Å². The number of rotatable bonds is 4. The maximum atomic E-state index is 12.0. The predicted molar refractivity (Wildman–Crippen MR) is 69.7 cm³/mol. The van der Waals surface area contributed by atoms with Crippen LogP contribution in [0.3, 0.4) is 0 Å². The summed E-state index contributed by atoms with van der Waals surface area (Å²) in [5.41, 5.74) is 0.493. The van der Waals surface area contributed by atoms with E-state index in [0.717, 1.165) is 6.42 Å². The molecule has 1 aromatic rings. The fourth-order valence-corrected chi connectivity index (χ4v) is 1.77. The van der Waals surface area contributed by atoms with Gasteiger partial charge < -0.3 is 14.8 Å². The molecule has 4 nitrogen and oxygen atoms in total. The third-order valence-corrected chi connectivity index (χ3v) is 3.20. The highest BCUT2D eigenvalue weighted by Crippen LogP contribution is 2.33. The molecule has 1 aliphatic rings. The molecule has 0 spiro atoms. The topological polar surface area (TPSA) is 47.6 Å². The van der Waals surface area contributed by atoms with Crippen LogP contribution in [-0.2, 0) is 0 Å². The van der Waals surface area contributed by atoms with E-state index in [1.54, 1.807) is 18.2 Å². The molecule has 1 aliphatic heterocycles. The summed E-state index contributed by atoms with van der Waals surface area (Å²) >= 11 is 5.97. The zero-order valence-corrected chi connectivity index (χ0v) is 11.0. The average molecular weight is 270 g/mol. The summed E-state index contributed by atoms with van der Waals surface area (Å²) < 4.78 is 10.9. The molecular weight excluding hydrogens is 254 g/mol. The Balaban J connectivity index is 2.10. The van der Waals surface area contributed by atoms with E-state index in [1.165, 1.54) is 0 Å². The molecule has 0 fully saturated rings. The van der Waals surface area contributed by atoms with E-state index in [0.29, 0.717) is 36.8 Å². The van der Waals surface area contributed by atoms with Crippen molar-refractivity contribution in [2.24, 2.45) is 0 Å². The summed E-state index contributed by atoms with van der Waals surface area (Å²) in [6.07, 6.45) is 0.814. The SMILES string of the molecule is CCC(Cl)CNC(=O)c1cccc2c1OCCO2. The second-order valence-electron chi connectivity index (χ2n) is 4.05. The quantitative estimate of drug-likeness (QED) is 0.853. The average Bonchev–Trinajstić information content (AvgIpc) is 2.43. The number of fused-ring (bicyclic) bond motifs is 1. The van der Waals surface area contributed by atoms with E-state index >= 15 is 0 Å². The van der Waals surface area contributed by atoms with E-state index in [-0.39, 0.29) is 11.3 Å². The van der Waals surface area contributed by atoms with Gasteiger partial charge in [-0.2, -0.15) is 0 Å². The number of carbonyl (C=O) groups excluding carboxylic acids is 1. The third-order valence-electron chi connectivity index (χ3n) is 2.74. The van der Waals surface area contributed by atoms with Crippen LogP contribution in [0.1, 0.15) is 23.7 Å². The molecule has 0 radical (unpaired) electrons. The van der Waals surface area contributed by atoms with Crippen molar-refractivity contribution in [1.29, 1.82) is 0 Å². The van der Waals surface area contributed by atoms with Crippen LogP contribution in [0.15, 0.2) is 18.2 Å². The Hall–Kier alpha value is -1.42. The summed E-state index contributed by atoms with van der Waals surface area (Å²) in [5.74, 6) is 0.951. The van der Waals surface area contributed by atoms with E-state index < -0.39 is 0 Å². The Morgan fingerprint density at radius 1 is 1.44 bits per heavy atom. The summed E-state index contributed by atoms with van der Waals surface area (Å²) in [4.78, 5) is 12.0. The van der Waals surface area contributed by atoms with Crippen molar-refractivity contribution < 1.29 is 14.3 Å². The van der Waals surface area contributed by atoms with E-state index in [1.807, 2.05) is 6.92 Å². The van der Waals surface area contributed by atoms with Gasteiger partial charge in [0.15, 0.2) is 11.5 Å². The Morgan fingerprint density at radius 3 is 3.00 bits per heavy atom. The number of halogens is 1. The number of benzene rings is 1. The number of ether oxygens (including phenoxy) is 2. The second kappa shape index (κ2) is 5.96. The molecular formula is C13H16ClNO3. The Kier molecular flexibility index (Phi) is 4.31. The highest BCUT2D eigenvalue weighted by molar-refractivity contribution is 6.20. The first-order valence-corrected chi connectivity index (χ1v) is 6.47. The van der Waals surface area contributed by atoms with Gasteiger partial charge in [0, 0.05) is 6.54 Å². The molecule has 1 amide bonds. The van der Waals surface area contributed by atoms with Gasteiger partial charge in [0.2, 0.25) is 0 Å². The monoisotopic (exact) mass is 269 g/mol. The van der Waals surface area contributed by atoms with Gasteiger partial charge in [-0.3, -0.25) is 4.79 Å². The van der Waals surface area contributed by atoms with E-state index in [4.69, 9.17) is 21.1 Å². The first kappa shape index (κ1) is 13.0. The van der Waals surface area contributed by atoms with Crippen LogP contribution in [0.4, 0.5) is 0 Å². The molecule has 1 N–H and O–H groups in total. The van der Waals surface area contributed by atoms with Gasteiger partial charge >= 0.3 is 0 Å². The fourth-order valence-electron chi connectivity index (χ4n) is 1.70. The zero-order valence-electron chi connectivity index (χ0n) is 10.2. The van der Waals surface area contributed by atoms with Crippen LogP contribution in [0.5, 0.6) is 11.5 Å². The molecule has 98 valence electrons. The standard InChI is InChI=1S/C13H16ClNO3/c1-2-9(14)8-15-13(16)10-4-3-5-11-12(10)18-7-6-17-11/h3-5,9H,2,6-8H2,1H3,(H,15,16). The summed E-state index contributed by atoms with van der Waals surface area (Å²) in [6.45, 7) is 3.40. The van der Waals surface area contributed by atoms with Crippen LogP contribution in [0.2, 0.25) is 0 Å². The first-order valence-electron chi connectivity index (χ1n) is 6.03. The van der Waals surface area contributed by atoms with E-state index in [2.05, 4.69) is 5.32 Å². The van der Waals surface area contributed by atoms with Crippen molar-refractivity contribution in [3.05, 3.63) is 23.8 Å². The van der Waals surface area contributed by atoms with Gasteiger partial charge in [0.1, 0.15) is 13.2 Å². The fraction of sp³-hybridized carbons (Fsp3) is 0.462. The minimum absolute atomic E-state index is 0.0503. The molecule has 2 rings (SSSR count). The first-order chi connectivity index (χ1) is 8.72. The molecule has 1 heterocycles. The molecule has 0 saturated carbocycles. The highest BCUT2D eigenvalue weighted by Gasteiger charge is 2.20. The Labute approximate surface area is 111 Å². The van der Waals surface area contributed by atoms with E-state index in [9.17, 15) is 4.79 Å². The van der Waals surface area contributed by atoms with Crippen molar-refractivity contribution in [3.63, 3.8) is 0 Å². The van der Waals surface area contributed by atoms with Gasteiger partial charge in [0.05, 0.1) is 10.9 Å². The van der Waals surface area contributed by atoms with Crippen molar-refractivity contribution in [3.8, 4) is 11.5 Å². The largest absolute Gasteiger partial charge is 0.486 e. The van der Waals surface area contributed by atoms with Crippen LogP contribution >= 0.6 is 11.6 Å². The van der Waals surface area contributed by atoms with Crippen LogP contribution in [0, 0.1) is 0 Å². The molecule has 0 bridgehead atoms. The minimum atomic E-state index is -0.184. The molecule has 18 heavy (non-hydrogen) atoms.